The van der Waals surface area contributed by atoms with E-state index in [2.05, 4.69) is 27.4 Å². The predicted octanol–water partition coefficient (Wildman–Crippen LogP) is 2.80. The molecule has 1 aliphatic rings. The largest absolute Gasteiger partial charge is 0.480 e. The van der Waals surface area contributed by atoms with Crippen LogP contribution in [0, 0.1) is 6.92 Å². The molecule has 5 nitrogen and oxygen atoms in total. The molecule has 1 atom stereocenters. The van der Waals surface area contributed by atoms with Gasteiger partial charge in [0.05, 0.1) is 0 Å². The molecule has 0 aliphatic carbocycles. The van der Waals surface area contributed by atoms with Gasteiger partial charge in [-0.15, -0.1) is 0 Å². The minimum absolute atomic E-state index is 0.604. The molecule has 1 aromatic carbocycles. The molecule has 1 aromatic heterocycles. The van der Waals surface area contributed by atoms with Crippen molar-refractivity contribution in [3.63, 3.8) is 0 Å². The van der Waals surface area contributed by atoms with Gasteiger partial charge in [-0.05, 0) is 26.0 Å². The fourth-order valence-electron chi connectivity index (χ4n) is 3.53. The van der Waals surface area contributed by atoms with Gasteiger partial charge in [0, 0.05) is 55.4 Å². The molecule has 0 saturated carbocycles. The summed E-state index contributed by atoms with van der Waals surface area (Å²) in [5, 5.41) is 10.9. The Morgan fingerprint density at radius 2 is 2.04 bits per heavy atom. The molecular weight excluding hydrogens is 302 g/mol. The van der Waals surface area contributed by atoms with Crippen molar-refractivity contribution in [3.8, 4) is 0 Å². The van der Waals surface area contributed by atoms with Crippen LogP contribution in [0.2, 0.25) is 0 Å². The molecule has 0 amide bonds. The second kappa shape index (κ2) is 6.79. The summed E-state index contributed by atoms with van der Waals surface area (Å²) in [7, 11) is 0. The van der Waals surface area contributed by atoms with Crippen LogP contribution in [-0.2, 0) is 4.79 Å². The van der Waals surface area contributed by atoms with Crippen LogP contribution in [-0.4, -0.2) is 58.6 Å². The van der Waals surface area contributed by atoms with Gasteiger partial charge in [0.1, 0.15) is 6.04 Å². The number of H-pyrrole nitrogens is 1. The number of aromatic amines is 1. The molecule has 0 bridgehead atoms. The lowest BCUT2D eigenvalue weighted by Crippen LogP contribution is -2.49. The zero-order valence-corrected chi connectivity index (χ0v) is 14.4. The summed E-state index contributed by atoms with van der Waals surface area (Å²) in [6.07, 6.45) is 1.85. The highest BCUT2D eigenvalue weighted by molar-refractivity contribution is 5.89. The smallest absolute Gasteiger partial charge is 0.325 e. The Bertz CT molecular complexity index is 757. The van der Waals surface area contributed by atoms with Crippen molar-refractivity contribution >= 4 is 16.9 Å². The number of hydrogen-bond donors (Lipinski definition) is 2. The number of rotatable bonds is 5. The normalized spacial score (nSPS) is 17.9. The number of carboxylic acid groups (broad SMARTS) is 1. The summed E-state index contributed by atoms with van der Waals surface area (Å²) >= 11 is 0. The lowest BCUT2D eigenvalue weighted by atomic mass is 10.0. The summed E-state index contributed by atoms with van der Waals surface area (Å²) in [6, 6.07) is 5.51. The molecule has 0 radical (unpaired) electrons. The topological polar surface area (TPSA) is 59.6 Å². The number of piperazine rings is 1. The van der Waals surface area contributed by atoms with Gasteiger partial charge in [-0.25, -0.2) is 0 Å². The Labute approximate surface area is 142 Å². The van der Waals surface area contributed by atoms with Crippen molar-refractivity contribution in [3.05, 3.63) is 47.7 Å². The van der Waals surface area contributed by atoms with Gasteiger partial charge in [-0.3, -0.25) is 14.6 Å². The summed E-state index contributed by atoms with van der Waals surface area (Å²) in [6.45, 7) is 12.2. The number of aryl methyl sites for hydroxylation is 1. The highest BCUT2D eigenvalue weighted by atomic mass is 16.4. The van der Waals surface area contributed by atoms with Crippen LogP contribution < -0.4 is 0 Å². The van der Waals surface area contributed by atoms with Crippen LogP contribution in [0.15, 0.2) is 36.5 Å². The zero-order chi connectivity index (χ0) is 17.3. The predicted molar refractivity (Wildman–Crippen MR) is 96.2 cm³/mol. The van der Waals surface area contributed by atoms with Gasteiger partial charge in [0.2, 0.25) is 0 Å². The number of fused-ring (bicyclic) bond motifs is 1. The SMILES string of the molecule is C=C(C)CN1CCN(C(C(=O)O)c2c[nH]c3ccc(C)cc23)CC1. The molecule has 1 unspecified atom stereocenters. The molecule has 128 valence electrons. The number of benzene rings is 1. The minimum Gasteiger partial charge on any atom is -0.480 e. The summed E-state index contributed by atoms with van der Waals surface area (Å²) in [5.74, 6) is -0.786. The number of nitrogens with zero attached hydrogens (tertiary/aromatic N) is 2. The van der Waals surface area contributed by atoms with Gasteiger partial charge in [0.15, 0.2) is 0 Å². The van der Waals surface area contributed by atoms with Crippen LogP contribution in [0.4, 0.5) is 0 Å². The number of aliphatic carboxylic acids is 1. The van der Waals surface area contributed by atoms with Crippen molar-refractivity contribution in [2.75, 3.05) is 32.7 Å². The van der Waals surface area contributed by atoms with E-state index in [1.165, 1.54) is 0 Å². The van der Waals surface area contributed by atoms with Crippen LogP contribution in [0.5, 0.6) is 0 Å². The number of aromatic nitrogens is 1. The van der Waals surface area contributed by atoms with Crippen LogP contribution in [0.1, 0.15) is 24.1 Å². The highest BCUT2D eigenvalue weighted by Gasteiger charge is 2.32. The molecule has 24 heavy (non-hydrogen) atoms. The van der Waals surface area contributed by atoms with E-state index in [9.17, 15) is 9.90 Å². The first-order valence-electron chi connectivity index (χ1n) is 8.37. The molecule has 2 aromatic rings. The third-order valence-corrected chi connectivity index (χ3v) is 4.66. The van der Waals surface area contributed by atoms with E-state index >= 15 is 0 Å². The van der Waals surface area contributed by atoms with Gasteiger partial charge >= 0.3 is 5.97 Å². The summed E-state index contributed by atoms with van der Waals surface area (Å²) < 4.78 is 0. The summed E-state index contributed by atoms with van der Waals surface area (Å²) in [5.41, 5.74) is 4.13. The quantitative estimate of drug-likeness (QED) is 0.829. The average molecular weight is 327 g/mol. The summed E-state index contributed by atoms with van der Waals surface area (Å²) in [4.78, 5) is 19.6. The van der Waals surface area contributed by atoms with Crippen LogP contribution in [0.25, 0.3) is 10.9 Å². The lowest BCUT2D eigenvalue weighted by Gasteiger charge is -2.37. The van der Waals surface area contributed by atoms with Gasteiger partial charge < -0.3 is 10.1 Å². The van der Waals surface area contributed by atoms with Crippen LogP contribution in [0.3, 0.4) is 0 Å². The maximum absolute atomic E-state index is 12.0. The van der Waals surface area contributed by atoms with E-state index in [0.29, 0.717) is 0 Å². The molecule has 2 heterocycles. The van der Waals surface area contributed by atoms with E-state index in [1.54, 1.807) is 0 Å². The Hall–Kier alpha value is -2.11. The van der Waals surface area contributed by atoms with Gasteiger partial charge in [-0.1, -0.05) is 23.8 Å². The Morgan fingerprint density at radius 1 is 1.33 bits per heavy atom. The molecule has 1 fully saturated rings. The third-order valence-electron chi connectivity index (χ3n) is 4.66. The highest BCUT2D eigenvalue weighted by Crippen LogP contribution is 2.30. The first kappa shape index (κ1) is 16.7. The molecule has 5 heteroatoms. The third kappa shape index (κ3) is 3.37. The van der Waals surface area contributed by atoms with Crippen molar-refractivity contribution in [1.82, 2.24) is 14.8 Å². The molecule has 0 spiro atoms. The van der Waals surface area contributed by atoms with Crippen molar-refractivity contribution in [2.45, 2.75) is 19.9 Å². The number of hydrogen-bond acceptors (Lipinski definition) is 3. The second-order valence-corrected chi connectivity index (χ2v) is 6.80. The number of nitrogens with one attached hydrogen (secondary N) is 1. The van der Waals surface area contributed by atoms with Crippen molar-refractivity contribution in [1.29, 1.82) is 0 Å². The average Bonchev–Trinajstić information content (AvgIpc) is 2.91. The molecule has 3 rings (SSSR count). The van der Waals surface area contributed by atoms with Gasteiger partial charge in [-0.2, -0.15) is 0 Å². The van der Waals surface area contributed by atoms with Crippen molar-refractivity contribution in [2.24, 2.45) is 0 Å². The molecular formula is C19H25N3O2. The molecule has 1 saturated heterocycles. The maximum Gasteiger partial charge on any atom is 0.325 e. The lowest BCUT2D eigenvalue weighted by molar-refractivity contribution is -0.144. The maximum atomic E-state index is 12.0. The van der Waals surface area contributed by atoms with E-state index in [0.717, 1.165) is 60.3 Å². The first-order valence-corrected chi connectivity index (χ1v) is 8.37. The van der Waals surface area contributed by atoms with E-state index in [1.807, 2.05) is 32.2 Å². The van der Waals surface area contributed by atoms with Crippen molar-refractivity contribution < 1.29 is 9.90 Å². The standard InChI is InChI=1S/C19H25N3O2/c1-13(2)12-21-6-8-22(9-7-21)18(19(23)24)16-11-20-17-5-4-14(3)10-15(16)17/h4-5,10-11,18,20H,1,6-9,12H2,2-3H3,(H,23,24). The Balaban J connectivity index is 1.84. The second-order valence-electron chi connectivity index (χ2n) is 6.80. The fraction of sp³-hybridized carbons (Fsp3) is 0.421. The van der Waals surface area contributed by atoms with E-state index < -0.39 is 12.0 Å². The van der Waals surface area contributed by atoms with E-state index in [4.69, 9.17) is 0 Å². The number of carboxylic acids is 1. The number of carbonyl (C=O) groups is 1. The van der Waals surface area contributed by atoms with Gasteiger partial charge in [0.25, 0.3) is 0 Å². The first-order chi connectivity index (χ1) is 11.5. The molecule has 2 N–H and O–H groups in total. The molecule has 1 aliphatic heterocycles. The zero-order valence-electron chi connectivity index (χ0n) is 14.4. The fourth-order valence-corrected chi connectivity index (χ4v) is 3.53. The monoisotopic (exact) mass is 327 g/mol. The Kier molecular flexibility index (Phi) is 4.73. The van der Waals surface area contributed by atoms with Crippen LogP contribution >= 0.6 is 0 Å². The minimum atomic E-state index is -0.786. The van der Waals surface area contributed by atoms with E-state index in [-0.39, 0.29) is 0 Å². The Morgan fingerprint density at radius 3 is 2.67 bits per heavy atom.